The van der Waals surface area contributed by atoms with Crippen LogP contribution in [0.25, 0.3) is 0 Å². The molecule has 0 aliphatic carbocycles. The Labute approximate surface area is 99.7 Å². The molecule has 0 aromatic heterocycles. The van der Waals surface area contributed by atoms with E-state index in [0.29, 0.717) is 12.5 Å². The third kappa shape index (κ3) is 8.72. The molecule has 0 saturated heterocycles. The number of unbranched alkanes of at least 4 members (excludes halogenated alkanes) is 1. The molecule has 16 heavy (non-hydrogen) atoms. The molecule has 0 aliphatic rings. The average molecular weight is 229 g/mol. The fourth-order valence-corrected chi connectivity index (χ4v) is 1.53. The van der Waals surface area contributed by atoms with Gasteiger partial charge < -0.3 is 10.5 Å². The van der Waals surface area contributed by atoms with Crippen molar-refractivity contribution >= 4 is 5.97 Å². The molecule has 96 valence electrons. The van der Waals surface area contributed by atoms with Crippen LogP contribution in [-0.2, 0) is 9.53 Å². The summed E-state index contributed by atoms with van der Waals surface area (Å²) >= 11 is 0. The topological polar surface area (TPSA) is 52.3 Å². The Morgan fingerprint density at radius 1 is 1.38 bits per heavy atom. The van der Waals surface area contributed by atoms with E-state index in [9.17, 15) is 4.79 Å². The van der Waals surface area contributed by atoms with E-state index in [-0.39, 0.29) is 12.4 Å². The lowest BCUT2D eigenvalue weighted by molar-refractivity contribution is -0.146. The molecule has 0 amide bonds. The third-order valence-electron chi connectivity index (χ3n) is 2.62. The summed E-state index contributed by atoms with van der Waals surface area (Å²) in [7, 11) is 0. The molecule has 0 spiro atoms. The predicted molar refractivity (Wildman–Crippen MR) is 67.1 cm³/mol. The van der Waals surface area contributed by atoms with Crippen LogP contribution >= 0.6 is 0 Å². The zero-order valence-electron chi connectivity index (χ0n) is 11.2. The van der Waals surface area contributed by atoms with E-state index in [1.54, 1.807) is 0 Å². The van der Waals surface area contributed by atoms with Crippen LogP contribution in [0.15, 0.2) is 0 Å². The third-order valence-corrected chi connectivity index (χ3v) is 2.62. The number of rotatable bonds is 8. The standard InChI is InChI=1S/C13H27NO2/c1-5-7-8-11(6-2)10-16-12(15)9-13(3,4)14/h11H,5-10,14H2,1-4H3. The largest absolute Gasteiger partial charge is 0.465 e. The van der Waals surface area contributed by atoms with Gasteiger partial charge in [0.25, 0.3) is 0 Å². The van der Waals surface area contributed by atoms with Crippen LogP contribution in [0.5, 0.6) is 0 Å². The van der Waals surface area contributed by atoms with Gasteiger partial charge in [-0.3, -0.25) is 4.79 Å². The molecule has 0 fully saturated rings. The number of esters is 1. The van der Waals surface area contributed by atoms with Crippen molar-refractivity contribution in [3.05, 3.63) is 0 Å². The van der Waals surface area contributed by atoms with Crippen LogP contribution in [-0.4, -0.2) is 18.1 Å². The van der Waals surface area contributed by atoms with E-state index in [4.69, 9.17) is 10.5 Å². The summed E-state index contributed by atoms with van der Waals surface area (Å²) in [6.45, 7) is 8.54. The smallest absolute Gasteiger partial charge is 0.307 e. The Balaban J connectivity index is 3.79. The van der Waals surface area contributed by atoms with Crippen molar-refractivity contribution in [2.75, 3.05) is 6.61 Å². The summed E-state index contributed by atoms with van der Waals surface area (Å²) in [5, 5.41) is 0. The molecule has 0 aromatic rings. The minimum Gasteiger partial charge on any atom is -0.465 e. The first-order valence-electron chi connectivity index (χ1n) is 6.33. The molecule has 0 bridgehead atoms. The number of carbonyl (C=O) groups excluding carboxylic acids is 1. The predicted octanol–water partition coefficient (Wildman–Crippen LogP) is 2.87. The van der Waals surface area contributed by atoms with Gasteiger partial charge in [-0.05, 0) is 26.2 Å². The Hall–Kier alpha value is -0.570. The lowest BCUT2D eigenvalue weighted by Crippen LogP contribution is -2.35. The zero-order chi connectivity index (χ0) is 12.6. The second-order valence-electron chi connectivity index (χ2n) is 5.26. The molecule has 0 heterocycles. The summed E-state index contributed by atoms with van der Waals surface area (Å²) in [6, 6.07) is 0. The minimum atomic E-state index is -0.470. The van der Waals surface area contributed by atoms with Gasteiger partial charge in [-0.1, -0.05) is 33.1 Å². The molecule has 3 heteroatoms. The number of carbonyl (C=O) groups is 1. The molecular weight excluding hydrogens is 202 g/mol. The summed E-state index contributed by atoms with van der Waals surface area (Å²) < 4.78 is 5.25. The van der Waals surface area contributed by atoms with Crippen molar-refractivity contribution in [1.29, 1.82) is 0 Å². The lowest BCUT2D eigenvalue weighted by atomic mass is 10.0. The molecule has 2 N–H and O–H groups in total. The summed E-state index contributed by atoms with van der Waals surface area (Å²) in [4.78, 5) is 11.5. The van der Waals surface area contributed by atoms with Crippen LogP contribution in [0.2, 0.25) is 0 Å². The average Bonchev–Trinajstić information content (AvgIpc) is 2.15. The molecule has 0 rings (SSSR count). The maximum Gasteiger partial charge on any atom is 0.307 e. The molecule has 1 unspecified atom stereocenters. The first-order valence-corrected chi connectivity index (χ1v) is 6.33. The van der Waals surface area contributed by atoms with Crippen LogP contribution in [0, 0.1) is 5.92 Å². The minimum absolute atomic E-state index is 0.178. The molecule has 3 nitrogen and oxygen atoms in total. The van der Waals surface area contributed by atoms with E-state index in [1.807, 2.05) is 13.8 Å². The van der Waals surface area contributed by atoms with Crippen LogP contribution in [0.1, 0.15) is 59.8 Å². The number of nitrogens with two attached hydrogens (primary N) is 1. The summed E-state index contributed by atoms with van der Waals surface area (Å²) in [6.07, 6.45) is 4.90. The fourth-order valence-electron chi connectivity index (χ4n) is 1.53. The first kappa shape index (κ1) is 15.4. The zero-order valence-corrected chi connectivity index (χ0v) is 11.2. The normalized spacial score (nSPS) is 13.6. The van der Waals surface area contributed by atoms with Gasteiger partial charge in [-0.25, -0.2) is 0 Å². The fraction of sp³-hybridized carbons (Fsp3) is 0.923. The van der Waals surface area contributed by atoms with Crippen LogP contribution in [0.4, 0.5) is 0 Å². The van der Waals surface area contributed by atoms with E-state index in [2.05, 4.69) is 13.8 Å². The maximum atomic E-state index is 11.5. The SMILES string of the molecule is CCCCC(CC)COC(=O)CC(C)(C)N. The first-order chi connectivity index (χ1) is 7.39. The van der Waals surface area contributed by atoms with Crippen LogP contribution < -0.4 is 5.73 Å². The molecule has 1 atom stereocenters. The quantitative estimate of drug-likeness (QED) is 0.651. The van der Waals surface area contributed by atoms with Gasteiger partial charge in [-0.2, -0.15) is 0 Å². The Kier molecular flexibility index (Phi) is 7.39. The van der Waals surface area contributed by atoms with Crippen molar-refractivity contribution < 1.29 is 9.53 Å². The summed E-state index contributed by atoms with van der Waals surface area (Å²) in [5.74, 6) is 0.326. The molecule has 0 saturated carbocycles. The second kappa shape index (κ2) is 7.66. The highest BCUT2D eigenvalue weighted by Crippen LogP contribution is 2.14. The van der Waals surface area contributed by atoms with Gasteiger partial charge in [0.05, 0.1) is 13.0 Å². The molecular formula is C13H27NO2. The lowest BCUT2D eigenvalue weighted by Gasteiger charge is -2.19. The van der Waals surface area contributed by atoms with Crippen molar-refractivity contribution in [1.82, 2.24) is 0 Å². The van der Waals surface area contributed by atoms with Gasteiger partial charge in [-0.15, -0.1) is 0 Å². The van der Waals surface area contributed by atoms with Gasteiger partial charge in [0.2, 0.25) is 0 Å². The van der Waals surface area contributed by atoms with E-state index in [1.165, 1.54) is 12.8 Å². The number of hydrogen-bond donors (Lipinski definition) is 1. The number of hydrogen-bond acceptors (Lipinski definition) is 3. The van der Waals surface area contributed by atoms with Gasteiger partial charge in [0, 0.05) is 5.54 Å². The van der Waals surface area contributed by atoms with E-state index in [0.717, 1.165) is 12.8 Å². The van der Waals surface area contributed by atoms with Crippen molar-refractivity contribution in [3.8, 4) is 0 Å². The Morgan fingerprint density at radius 3 is 2.44 bits per heavy atom. The van der Waals surface area contributed by atoms with Crippen LogP contribution in [0.3, 0.4) is 0 Å². The van der Waals surface area contributed by atoms with Gasteiger partial charge >= 0.3 is 5.97 Å². The van der Waals surface area contributed by atoms with E-state index < -0.39 is 5.54 Å². The van der Waals surface area contributed by atoms with E-state index >= 15 is 0 Å². The van der Waals surface area contributed by atoms with Crippen molar-refractivity contribution in [2.45, 2.75) is 65.3 Å². The summed E-state index contributed by atoms with van der Waals surface area (Å²) in [5.41, 5.74) is 5.28. The Morgan fingerprint density at radius 2 is 2.00 bits per heavy atom. The monoisotopic (exact) mass is 229 g/mol. The molecule has 0 radical (unpaired) electrons. The highest BCUT2D eigenvalue weighted by molar-refractivity contribution is 5.70. The number of ether oxygens (including phenoxy) is 1. The Bertz CT molecular complexity index is 197. The maximum absolute atomic E-state index is 11.5. The molecule has 0 aromatic carbocycles. The van der Waals surface area contributed by atoms with Crippen molar-refractivity contribution in [3.63, 3.8) is 0 Å². The highest BCUT2D eigenvalue weighted by Gasteiger charge is 2.18. The van der Waals surface area contributed by atoms with Gasteiger partial charge in [0.15, 0.2) is 0 Å². The second-order valence-corrected chi connectivity index (χ2v) is 5.26. The van der Waals surface area contributed by atoms with Gasteiger partial charge in [0.1, 0.15) is 0 Å². The molecule has 0 aliphatic heterocycles. The highest BCUT2D eigenvalue weighted by atomic mass is 16.5. The van der Waals surface area contributed by atoms with Crippen molar-refractivity contribution in [2.24, 2.45) is 11.7 Å².